The third-order valence-electron chi connectivity index (χ3n) is 2.30. The summed E-state index contributed by atoms with van der Waals surface area (Å²) in [5, 5.41) is 3.76. The van der Waals surface area contributed by atoms with Gasteiger partial charge in [-0.1, -0.05) is 24.9 Å². The van der Waals surface area contributed by atoms with Crippen molar-refractivity contribution >= 4 is 11.6 Å². The minimum atomic E-state index is 0.179. The fourth-order valence-corrected chi connectivity index (χ4v) is 1.58. The van der Waals surface area contributed by atoms with Crippen molar-refractivity contribution in [3.05, 3.63) is 23.4 Å². The Balaban J connectivity index is 2.49. The molecule has 1 atom stereocenters. The monoisotopic (exact) mass is 242 g/mol. The summed E-state index contributed by atoms with van der Waals surface area (Å²) in [6.07, 6.45) is 5.17. The Hall–Kier alpha value is -0.800. The number of nitrogens with one attached hydrogen (secondary N) is 1. The second-order valence-corrected chi connectivity index (χ2v) is 4.19. The first-order valence-corrected chi connectivity index (χ1v) is 6.07. The van der Waals surface area contributed by atoms with Gasteiger partial charge in [-0.05, 0) is 26.0 Å². The molecule has 0 spiro atoms. The molecule has 3 nitrogen and oxygen atoms in total. The van der Waals surface area contributed by atoms with Crippen LogP contribution < -0.4 is 10.1 Å². The Morgan fingerprint density at radius 1 is 1.50 bits per heavy atom. The molecule has 0 radical (unpaired) electrons. The fourth-order valence-electron chi connectivity index (χ4n) is 1.46. The van der Waals surface area contributed by atoms with Crippen molar-refractivity contribution in [1.29, 1.82) is 0 Å². The van der Waals surface area contributed by atoms with Crippen LogP contribution in [0.25, 0.3) is 0 Å². The van der Waals surface area contributed by atoms with Gasteiger partial charge < -0.3 is 10.1 Å². The van der Waals surface area contributed by atoms with E-state index in [1.54, 1.807) is 18.3 Å². The van der Waals surface area contributed by atoms with Crippen molar-refractivity contribution < 1.29 is 4.74 Å². The number of aromatic nitrogens is 1. The molecule has 1 rings (SSSR count). The summed E-state index contributed by atoms with van der Waals surface area (Å²) in [5.74, 6) is 0.640. The molecule has 0 aliphatic rings. The van der Waals surface area contributed by atoms with E-state index in [9.17, 15) is 0 Å². The van der Waals surface area contributed by atoms with Gasteiger partial charge in [0.2, 0.25) is 5.88 Å². The first-order chi connectivity index (χ1) is 7.76. The van der Waals surface area contributed by atoms with Gasteiger partial charge in [-0.15, -0.1) is 0 Å². The van der Waals surface area contributed by atoms with Crippen LogP contribution in [0.5, 0.6) is 5.88 Å². The molecule has 16 heavy (non-hydrogen) atoms. The SMILES string of the molecule is CCCCC(CNC)Oc1ccc(Cl)cn1. The van der Waals surface area contributed by atoms with Gasteiger partial charge in [-0.25, -0.2) is 4.98 Å². The Bertz CT molecular complexity index is 290. The first kappa shape index (κ1) is 13.3. The van der Waals surface area contributed by atoms with E-state index in [-0.39, 0.29) is 6.10 Å². The molecule has 90 valence electrons. The molecule has 1 heterocycles. The van der Waals surface area contributed by atoms with Crippen molar-refractivity contribution in [2.24, 2.45) is 0 Å². The Labute approximate surface area is 102 Å². The number of nitrogens with zero attached hydrogens (tertiary/aromatic N) is 1. The average Bonchev–Trinajstić information content (AvgIpc) is 2.29. The summed E-state index contributed by atoms with van der Waals surface area (Å²) >= 11 is 5.76. The summed E-state index contributed by atoms with van der Waals surface area (Å²) in [7, 11) is 1.93. The van der Waals surface area contributed by atoms with Crippen LogP contribution in [0.4, 0.5) is 0 Å². The van der Waals surface area contributed by atoms with Crippen LogP contribution in [0.15, 0.2) is 18.3 Å². The molecule has 0 aromatic carbocycles. The smallest absolute Gasteiger partial charge is 0.213 e. The number of ether oxygens (including phenoxy) is 1. The lowest BCUT2D eigenvalue weighted by Crippen LogP contribution is -2.29. The highest BCUT2D eigenvalue weighted by molar-refractivity contribution is 6.30. The van der Waals surface area contributed by atoms with E-state index >= 15 is 0 Å². The maximum atomic E-state index is 5.78. The van der Waals surface area contributed by atoms with Gasteiger partial charge in [0.15, 0.2) is 0 Å². The minimum Gasteiger partial charge on any atom is -0.473 e. The molecule has 1 aromatic heterocycles. The van der Waals surface area contributed by atoms with Crippen molar-refractivity contribution in [1.82, 2.24) is 10.3 Å². The van der Waals surface area contributed by atoms with E-state index in [1.807, 2.05) is 7.05 Å². The third kappa shape index (κ3) is 4.81. The molecule has 0 amide bonds. The van der Waals surface area contributed by atoms with Crippen LogP contribution in [0.3, 0.4) is 0 Å². The number of hydrogen-bond donors (Lipinski definition) is 1. The van der Waals surface area contributed by atoms with Crippen LogP contribution in [-0.4, -0.2) is 24.7 Å². The predicted octanol–water partition coefficient (Wildman–Crippen LogP) is 2.89. The van der Waals surface area contributed by atoms with Gasteiger partial charge in [0.05, 0.1) is 5.02 Å². The van der Waals surface area contributed by atoms with Crippen LogP contribution in [0, 0.1) is 0 Å². The summed E-state index contributed by atoms with van der Waals surface area (Å²) in [4.78, 5) is 4.13. The van der Waals surface area contributed by atoms with Crippen molar-refractivity contribution in [3.63, 3.8) is 0 Å². The van der Waals surface area contributed by atoms with E-state index in [0.717, 1.165) is 13.0 Å². The lowest BCUT2D eigenvalue weighted by Gasteiger charge is -2.17. The van der Waals surface area contributed by atoms with Gasteiger partial charge in [-0.3, -0.25) is 0 Å². The van der Waals surface area contributed by atoms with E-state index in [0.29, 0.717) is 10.9 Å². The molecule has 0 bridgehead atoms. The molecule has 4 heteroatoms. The van der Waals surface area contributed by atoms with Crippen molar-refractivity contribution in [2.75, 3.05) is 13.6 Å². The number of hydrogen-bond acceptors (Lipinski definition) is 3. The summed E-state index contributed by atoms with van der Waals surface area (Å²) in [6, 6.07) is 3.59. The number of unbranched alkanes of at least 4 members (excludes halogenated alkanes) is 1. The number of likely N-dealkylation sites (N-methyl/N-ethyl adjacent to an activating group) is 1. The topological polar surface area (TPSA) is 34.1 Å². The second-order valence-electron chi connectivity index (χ2n) is 3.75. The van der Waals surface area contributed by atoms with E-state index in [2.05, 4.69) is 17.2 Å². The molecular weight excluding hydrogens is 224 g/mol. The minimum absolute atomic E-state index is 0.179. The summed E-state index contributed by atoms with van der Waals surface area (Å²) < 4.78 is 5.78. The lowest BCUT2D eigenvalue weighted by molar-refractivity contribution is 0.179. The van der Waals surface area contributed by atoms with Gasteiger partial charge in [0.1, 0.15) is 6.10 Å². The maximum Gasteiger partial charge on any atom is 0.213 e. The Kier molecular flexibility index (Phi) is 6.19. The zero-order valence-electron chi connectivity index (χ0n) is 9.87. The van der Waals surface area contributed by atoms with Crippen molar-refractivity contribution in [3.8, 4) is 5.88 Å². The fraction of sp³-hybridized carbons (Fsp3) is 0.583. The van der Waals surface area contributed by atoms with E-state index in [4.69, 9.17) is 16.3 Å². The quantitative estimate of drug-likeness (QED) is 0.799. The normalized spacial score (nSPS) is 12.4. The Morgan fingerprint density at radius 2 is 2.31 bits per heavy atom. The maximum absolute atomic E-state index is 5.78. The Morgan fingerprint density at radius 3 is 2.88 bits per heavy atom. The number of pyridine rings is 1. The molecule has 1 aromatic rings. The summed E-state index contributed by atoms with van der Waals surface area (Å²) in [5.41, 5.74) is 0. The van der Waals surface area contributed by atoms with Crippen LogP contribution in [0.2, 0.25) is 5.02 Å². The van der Waals surface area contributed by atoms with Crippen molar-refractivity contribution in [2.45, 2.75) is 32.3 Å². The molecule has 1 unspecified atom stereocenters. The lowest BCUT2D eigenvalue weighted by atomic mass is 10.1. The zero-order chi connectivity index (χ0) is 11.8. The molecule has 1 N–H and O–H groups in total. The predicted molar refractivity (Wildman–Crippen MR) is 67.1 cm³/mol. The summed E-state index contributed by atoms with van der Waals surface area (Å²) in [6.45, 7) is 3.02. The molecule has 0 saturated heterocycles. The zero-order valence-corrected chi connectivity index (χ0v) is 10.6. The second kappa shape index (κ2) is 7.47. The number of halogens is 1. The molecule has 0 aliphatic heterocycles. The standard InChI is InChI=1S/C12H19ClN2O/c1-3-4-5-11(9-14-2)16-12-7-6-10(13)8-15-12/h6-8,11,14H,3-5,9H2,1-2H3. The molecule has 0 aliphatic carbocycles. The van der Waals surface area contributed by atoms with E-state index < -0.39 is 0 Å². The number of rotatable bonds is 7. The van der Waals surface area contributed by atoms with Gasteiger partial charge >= 0.3 is 0 Å². The van der Waals surface area contributed by atoms with Crippen LogP contribution in [0.1, 0.15) is 26.2 Å². The molecule has 0 saturated carbocycles. The van der Waals surface area contributed by atoms with Crippen LogP contribution in [-0.2, 0) is 0 Å². The van der Waals surface area contributed by atoms with Gasteiger partial charge in [0, 0.05) is 18.8 Å². The van der Waals surface area contributed by atoms with Gasteiger partial charge in [0.25, 0.3) is 0 Å². The average molecular weight is 243 g/mol. The van der Waals surface area contributed by atoms with Crippen LogP contribution >= 0.6 is 11.6 Å². The third-order valence-corrected chi connectivity index (χ3v) is 2.52. The largest absolute Gasteiger partial charge is 0.473 e. The highest BCUT2D eigenvalue weighted by Crippen LogP contribution is 2.14. The molecule has 0 fully saturated rings. The van der Waals surface area contributed by atoms with Gasteiger partial charge in [-0.2, -0.15) is 0 Å². The van der Waals surface area contributed by atoms with E-state index in [1.165, 1.54) is 12.8 Å². The first-order valence-electron chi connectivity index (χ1n) is 5.69. The molecular formula is C12H19ClN2O. The highest BCUT2D eigenvalue weighted by Gasteiger charge is 2.09. The highest BCUT2D eigenvalue weighted by atomic mass is 35.5.